The smallest absolute Gasteiger partial charge is 0.248 e. The molecule has 0 aliphatic carbocycles. The van der Waals surface area contributed by atoms with E-state index in [-0.39, 0.29) is 0 Å². The van der Waals surface area contributed by atoms with E-state index in [1.54, 1.807) is 5.84 Å². The summed E-state index contributed by atoms with van der Waals surface area (Å²) < 4.78 is 3.92. The van der Waals surface area contributed by atoms with E-state index >= 15 is 0 Å². The van der Waals surface area contributed by atoms with Gasteiger partial charge in [0.05, 0.1) is 24.1 Å². The molecule has 23 heavy (non-hydrogen) atoms. The summed E-state index contributed by atoms with van der Waals surface area (Å²) in [4.78, 5) is 5.08. The summed E-state index contributed by atoms with van der Waals surface area (Å²) in [6, 6.07) is 8.69. The summed E-state index contributed by atoms with van der Waals surface area (Å²) in [5.74, 6) is 1.57. The van der Waals surface area contributed by atoms with Gasteiger partial charge in [-0.3, -0.25) is 4.58 Å². The molecule has 1 aromatic carbocycles. The average Bonchev–Trinajstić information content (AvgIpc) is 2.81. The van der Waals surface area contributed by atoms with Crippen LogP contribution >= 0.6 is 15.9 Å². The lowest BCUT2D eigenvalue weighted by Crippen LogP contribution is -2.56. The number of halogens is 1. The Morgan fingerprint density at radius 1 is 1.09 bits per heavy atom. The van der Waals surface area contributed by atoms with Crippen molar-refractivity contribution >= 4 is 33.5 Å². The third-order valence-electron chi connectivity index (χ3n) is 5.37. The van der Waals surface area contributed by atoms with Gasteiger partial charge in [-0.1, -0.05) is 18.2 Å². The van der Waals surface area contributed by atoms with E-state index < -0.39 is 0 Å². The number of amidine groups is 1. The highest BCUT2D eigenvalue weighted by Crippen LogP contribution is 2.36. The molecule has 4 rings (SSSR count). The molecule has 0 fully saturated rings. The molecule has 3 nitrogen and oxygen atoms in total. The Morgan fingerprint density at radius 3 is 2.83 bits per heavy atom. The molecule has 0 N–H and O–H groups in total. The third-order valence-corrected chi connectivity index (χ3v) is 6.01. The van der Waals surface area contributed by atoms with Gasteiger partial charge in [-0.25, -0.2) is 4.90 Å². The normalized spacial score (nSPS) is 24.8. The first-order valence-corrected chi connectivity index (χ1v) is 9.61. The summed E-state index contributed by atoms with van der Waals surface area (Å²) in [6.45, 7) is 3.63. The maximum absolute atomic E-state index is 3.88. The van der Waals surface area contributed by atoms with Crippen molar-refractivity contribution in [3.05, 3.63) is 34.3 Å². The minimum Gasteiger partial charge on any atom is -0.332 e. The number of hydrogen-bond acceptors (Lipinski definition) is 2. The quantitative estimate of drug-likeness (QED) is 0.689. The molecule has 0 spiro atoms. The molecular formula is C19H25BrN3+. The van der Waals surface area contributed by atoms with E-state index in [4.69, 9.17) is 0 Å². The van der Waals surface area contributed by atoms with Gasteiger partial charge in [-0.05, 0) is 52.9 Å². The Balaban J connectivity index is 1.72. The topological polar surface area (TPSA) is 9.49 Å². The number of hydrogen-bond donors (Lipinski definition) is 0. The van der Waals surface area contributed by atoms with Crippen LogP contribution in [0.15, 0.2) is 28.7 Å². The Bertz CT molecular complexity index is 664. The van der Waals surface area contributed by atoms with Crippen LogP contribution in [0.5, 0.6) is 0 Å². The average molecular weight is 375 g/mol. The van der Waals surface area contributed by atoms with Crippen molar-refractivity contribution in [2.75, 3.05) is 31.6 Å². The van der Waals surface area contributed by atoms with Crippen LogP contribution in [0.4, 0.5) is 5.69 Å². The molecule has 3 aliphatic heterocycles. The largest absolute Gasteiger partial charge is 0.332 e. The Morgan fingerprint density at radius 2 is 1.91 bits per heavy atom. The second-order valence-electron chi connectivity index (χ2n) is 6.83. The molecule has 3 aliphatic rings. The molecule has 1 aromatic rings. The fraction of sp³-hybridized carbons (Fsp3) is 0.526. The van der Waals surface area contributed by atoms with Crippen molar-refractivity contribution in [2.45, 2.75) is 38.3 Å². The molecule has 0 radical (unpaired) electrons. The van der Waals surface area contributed by atoms with Gasteiger partial charge in [0.2, 0.25) is 12.0 Å². The maximum atomic E-state index is 3.88. The van der Waals surface area contributed by atoms with E-state index in [0.717, 1.165) is 6.54 Å². The van der Waals surface area contributed by atoms with E-state index in [2.05, 4.69) is 67.7 Å². The number of nitrogens with zero attached hydrogens (tertiary/aromatic N) is 3. The minimum absolute atomic E-state index is 0.292. The zero-order valence-electron chi connectivity index (χ0n) is 13.8. The van der Waals surface area contributed by atoms with E-state index in [1.165, 1.54) is 60.9 Å². The maximum Gasteiger partial charge on any atom is 0.248 e. The van der Waals surface area contributed by atoms with Gasteiger partial charge in [0.1, 0.15) is 0 Å². The number of anilines is 1. The summed E-state index contributed by atoms with van der Waals surface area (Å²) in [5.41, 5.74) is 2.63. The lowest BCUT2D eigenvalue weighted by Gasteiger charge is -2.40. The lowest BCUT2D eigenvalue weighted by atomic mass is 10.0. The molecular weight excluding hydrogens is 350 g/mol. The molecule has 0 aromatic heterocycles. The predicted molar refractivity (Wildman–Crippen MR) is 100 cm³/mol. The number of rotatable bonds is 1. The standard InChI is InChI=1S/C19H25BrN3/c1-21-17-9-5-4-8-15(17)14-16(20)19(21)23-13-7-12-22-11-6-2-3-10-18(22)23/h4-5,8-9,14,19H,2-3,6-7,10-13H2,1H3/q+1. The number of fused-ring (bicyclic) bond motifs is 1. The van der Waals surface area contributed by atoms with E-state index in [1.807, 2.05) is 0 Å². The summed E-state index contributed by atoms with van der Waals surface area (Å²) in [5, 5.41) is 0. The minimum atomic E-state index is 0.292. The van der Waals surface area contributed by atoms with Gasteiger partial charge >= 0.3 is 0 Å². The highest BCUT2D eigenvalue weighted by atomic mass is 79.9. The molecule has 0 saturated carbocycles. The van der Waals surface area contributed by atoms with E-state index in [0.29, 0.717) is 6.17 Å². The molecule has 4 heteroatoms. The summed E-state index contributed by atoms with van der Waals surface area (Å²) in [7, 11) is 2.23. The monoisotopic (exact) mass is 374 g/mol. The lowest BCUT2D eigenvalue weighted by molar-refractivity contribution is -0.539. The van der Waals surface area contributed by atoms with Crippen molar-refractivity contribution in [3.8, 4) is 0 Å². The summed E-state index contributed by atoms with van der Waals surface area (Å²) in [6.07, 6.45) is 9.13. The first-order valence-electron chi connectivity index (χ1n) is 8.82. The van der Waals surface area contributed by atoms with Gasteiger partial charge in [-0.15, -0.1) is 0 Å². The van der Waals surface area contributed by atoms with Gasteiger partial charge in [-0.2, -0.15) is 0 Å². The Labute approximate surface area is 147 Å². The first kappa shape index (κ1) is 15.3. The van der Waals surface area contributed by atoms with Crippen LogP contribution in [-0.2, 0) is 0 Å². The molecule has 122 valence electrons. The summed E-state index contributed by atoms with van der Waals surface area (Å²) >= 11 is 3.88. The number of benzene rings is 1. The van der Waals surface area contributed by atoms with Crippen LogP contribution in [0.1, 0.15) is 37.7 Å². The van der Waals surface area contributed by atoms with Gasteiger partial charge in [0.15, 0.2) is 0 Å². The van der Waals surface area contributed by atoms with Gasteiger partial charge < -0.3 is 4.90 Å². The molecule has 1 unspecified atom stereocenters. The predicted octanol–water partition coefficient (Wildman–Crippen LogP) is 3.89. The SMILES string of the molecule is CN1c2ccccc2C=C(Br)C1N1CCC[N+]2=C1CCCCC2. The molecule has 0 bridgehead atoms. The van der Waals surface area contributed by atoms with Gasteiger partial charge in [0, 0.05) is 25.6 Å². The highest BCUT2D eigenvalue weighted by molar-refractivity contribution is 9.11. The van der Waals surface area contributed by atoms with Crippen LogP contribution in [0.2, 0.25) is 0 Å². The zero-order valence-corrected chi connectivity index (χ0v) is 15.4. The molecule has 0 saturated heterocycles. The second-order valence-corrected chi connectivity index (χ2v) is 7.75. The van der Waals surface area contributed by atoms with Gasteiger partial charge in [0.25, 0.3) is 0 Å². The van der Waals surface area contributed by atoms with Crippen LogP contribution in [0, 0.1) is 0 Å². The molecule has 3 heterocycles. The first-order chi connectivity index (χ1) is 11.3. The number of para-hydroxylation sites is 1. The number of likely N-dealkylation sites (N-methyl/N-ethyl adjacent to an activating group) is 1. The Kier molecular flexibility index (Phi) is 4.18. The fourth-order valence-corrected chi connectivity index (χ4v) is 5.07. The van der Waals surface area contributed by atoms with Crippen molar-refractivity contribution in [1.82, 2.24) is 4.90 Å². The zero-order chi connectivity index (χ0) is 15.8. The van der Waals surface area contributed by atoms with Crippen LogP contribution < -0.4 is 4.90 Å². The Hall–Kier alpha value is -1.29. The van der Waals surface area contributed by atoms with Crippen LogP contribution in [0.25, 0.3) is 6.08 Å². The highest BCUT2D eigenvalue weighted by Gasteiger charge is 2.39. The van der Waals surface area contributed by atoms with Crippen molar-refractivity contribution < 1.29 is 4.58 Å². The van der Waals surface area contributed by atoms with Crippen molar-refractivity contribution in [3.63, 3.8) is 0 Å². The van der Waals surface area contributed by atoms with Crippen LogP contribution in [-0.4, -0.2) is 48.2 Å². The van der Waals surface area contributed by atoms with Crippen LogP contribution in [0.3, 0.4) is 0 Å². The second kappa shape index (κ2) is 6.31. The van der Waals surface area contributed by atoms with Crippen molar-refractivity contribution in [1.29, 1.82) is 0 Å². The van der Waals surface area contributed by atoms with Crippen molar-refractivity contribution in [2.24, 2.45) is 0 Å². The third kappa shape index (κ3) is 2.71. The molecule has 1 atom stereocenters. The molecule has 0 amide bonds. The van der Waals surface area contributed by atoms with E-state index in [9.17, 15) is 0 Å². The fourth-order valence-electron chi connectivity index (χ4n) is 4.27.